The van der Waals surface area contributed by atoms with Gasteiger partial charge < -0.3 is 10.1 Å². The molecule has 0 aliphatic heterocycles. The molecule has 0 spiro atoms. The molecule has 0 saturated heterocycles. The Bertz CT molecular complexity index is 1200. The molecule has 0 unspecified atom stereocenters. The van der Waals surface area contributed by atoms with E-state index < -0.39 is 5.82 Å². The summed E-state index contributed by atoms with van der Waals surface area (Å²) in [6.45, 7) is 2.68. The minimum atomic E-state index is -0.489. The third kappa shape index (κ3) is 4.31. The fraction of sp³-hybridized carbons (Fsp3) is 0.136. The van der Waals surface area contributed by atoms with Crippen molar-refractivity contribution in [3.05, 3.63) is 76.8 Å². The van der Waals surface area contributed by atoms with Gasteiger partial charge >= 0.3 is 0 Å². The lowest BCUT2D eigenvalue weighted by atomic mass is 10.1. The van der Waals surface area contributed by atoms with Crippen molar-refractivity contribution in [3.63, 3.8) is 0 Å². The number of nitrogens with zero attached hydrogens (tertiary/aromatic N) is 3. The van der Waals surface area contributed by atoms with E-state index in [2.05, 4.69) is 20.3 Å². The van der Waals surface area contributed by atoms with Crippen molar-refractivity contribution in [2.45, 2.75) is 13.5 Å². The van der Waals surface area contributed by atoms with Crippen molar-refractivity contribution in [2.75, 3.05) is 11.9 Å². The largest absolute Gasteiger partial charge is 0.476 e. The van der Waals surface area contributed by atoms with Crippen LogP contribution in [0.3, 0.4) is 0 Å². The second kappa shape index (κ2) is 8.59. The third-order valence-electron chi connectivity index (χ3n) is 4.37. The van der Waals surface area contributed by atoms with Gasteiger partial charge in [-0.1, -0.05) is 23.7 Å². The molecule has 0 aliphatic rings. The van der Waals surface area contributed by atoms with Gasteiger partial charge in [0.1, 0.15) is 11.6 Å². The topological polar surface area (TPSA) is 59.9 Å². The van der Waals surface area contributed by atoms with E-state index in [-0.39, 0.29) is 10.8 Å². The minimum Gasteiger partial charge on any atom is -0.476 e. The Kier molecular flexibility index (Phi) is 5.72. The van der Waals surface area contributed by atoms with Gasteiger partial charge in [0, 0.05) is 12.1 Å². The van der Waals surface area contributed by atoms with Gasteiger partial charge in [-0.05, 0) is 55.0 Å². The van der Waals surface area contributed by atoms with Gasteiger partial charge in [0.2, 0.25) is 11.8 Å². The molecule has 0 radical (unpaired) electrons. The van der Waals surface area contributed by atoms with Crippen molar-refractivity contribution in [1.82, 2.24) is 15.0 Å². The molecule has 30 heavy (non-hydrogen) atoms. The predicted octanol–water partition coefficient (Wildman–Crippen LogP) is 5.63. The normalized spacial score (nSPS) is 10.9. The highest BCUT2D eigenvalue weighted by molar-refractivity contribution is 6.31. The fourth-order valence-electron chi connectivity index (χ4n) is 2.90. The molecule has 152 valence electrons. The molecule has 4 aromatic rings. The van der Waals surface area contributed by atoms with Crippen LogP contribution in [0, 0.1) is 11.6 Å². The van der Waals surface area contributed by atoms with Crippen LogP contribution in [0.15, 0.2) is 54.6 Å². The molecule has 4 rings (SSSR count). The summed E-state index contributed by atoms with van der Waals surface area (Å²) in [6.07, 6.45) is 0. The number of hydrogen-bond donors (Lipinski definition) is 1. The second-order valence-corrected chi connectivity index (χ2v) is 6.87. The van der Waals surface area contributed by atoms with Crippen LogP contribution in [0.2, 0.25) is 5.02 Å². The Balaban J connectivity index is 1.67. The van der Waals surface area contributed by atoms with Crippen LogP contribution in [-0.2, 0) is 6.54 Å². The molecule has 2 aromatic carbocycles. The standard InChI is InChI=1S/C22H17ClF2N4O/c1-2-30-21-20-19(10-9-18(27-20)14-5-8-17(25)16(23)11-14)28-22(29-21)26-12-13-3-6-15(24)7-4-13/h3-11H,2,12H2,1H3,(H,26,28,29). The van der Waals surface area contributed by atoms with Gasteiger partial charge in [-0.2, -0.15) is 4.98 Å². The lowest BCUT2D eigenvalue weighted by molar-refractivity contribution is 0.330. The van der Waals surface area contributed by atoms with Crippen LogP contribution < -0.4 is 10.1 Å². The van der Waals surface area contributed by atoms with Crippen molar-refractivity contribution in [3.8, 4) is 17.1 Å². The highest BCUT2D eigenvalue weighted by atomic mass is 35.5. The Morgan fingerprint density at radius 3 is 2.50 bits per heavy atom. The molecule has 0 amide bonds. The zero-order chi connectivity index (χ0) is 21.1. The number of halogens is 3. The Hall–Kier alpha value is -3.32. The minimum absolute atomic E-state index is 0.0241. The van der Waals surface area contributed by atoms with Gasteiger partial charge in [0.25, 0.3) is 0 Å². The number of rotatable bonds is 6. The van der Waals surface area contributed by atoms with Crippen LogP contribution in [0.1, 0.15) is 12.5 Å². The zero-order valence-corrected chi connectivity index (χ0v) is 16.8. The maximum absolute atomic E-state index is 13.5. The molecule has 0 atom stereocenters. The number of hydrogen-bond acceptors (Lipinski definition) is 5. The van der Waals surface area contributed by atoms with E-state index in [1.54, 1.807) is 30.3 Å². The molecular formula is C22H17ClF2N4O. The van der Waals surface area contributed by atoms with Crippen LogP contribution in [0.4, 0.5) is 14.7 Å². The Morgan fingerprint density at radius 1 is 0.967 bits per heavy atom. The number of fused-ring (bicyclic) bond motifs is 1. The van der Waals surface area contributed by atoms with Crippen molar-refractivity contribution >= 4 is 28.6 Å². The number of anilines is 1. The highest BCUT2D eigenvalue weighted by Crippen LogP contribution is 2.28. The zero-order valence-electron chi connectivity index (χ0n) is 16.0. The molecule has 0 fully saturated rings. The first kappa shape index (κ1) is 20.0. The maximum Gasteiger partial charge on any atom is 0.245 e. The van der Waals surface area contributed by atoms with E-state index in [1.165, 1.54) is 24.3 Å². The number of nitrogens with one attached hydrogen (secondary N) is 1. The first-order valence-corrected chi connectivity index (χ1v) is 9.66. The number of benzene rings is 2. The molecular weight excluding hydrogens is 410 g/mol. The SMILES string of the molecule is CCOc1nc(NCc2ccc(F)cc2)nc2ccc(-c3ccc(F)c(Cl)c3)nc12. The second-order valence-electron chi connectivity index (χ2n) is 6.46. The van der Waals surface area contributed by atoms with E-state index in [1.807, 2.05) is 6.92 Å². The molecule has 0 bridgehead atoms. The maximum atomic E-state index is 13.5. The van der Waals surface area contributed by atoms with E-state index in [9.17, 15) is 8.78 Å². The smallest absolute Gasteiger partial charge is 0.245 e. The Labute approximate surface area is 176 Å². The first-order valence-electron chi connectivity index (χ1n) is 9.29. The monoisotopic (exact) mass is 426 g/mol. The van der Waals surface area contributed by atoms with Crippen molar-refractivity contribution in [2.24, 2.45) is 0 Å². The number of aromatic nitrogens is 3. The van der Waals surface area contributed by atoms with Gasteiger partial charge in [-0.15, -0.1) is 0 Å². The Morgan fingerprint density at radius 2 is 1.77 bits per heavy atom. The highest BCUT2D eigenvalue weighted by Gasteiger charge is 2.13. The lowest BCUT2D eigenvalue weighted by Gasteiger charge is -2.11. The van der Waals surface area contributed by atoms with E-state index in [4.69, 9.17) is 16.3 Å². The number of ether oxygens (including phenoxy) is 1. The molecule has 8 heteroatoms. The average Bonchev–Trinajstić information content (AvgIpc) is 2.75. The predicted molar refractivity (Wildman–Crippen MR) is 113 cm³/mol. The van der Waals surface area contributed by atoms with Gasteiger partial charge in [-0.25, -0.2) is 18.7 Å². The summed E-state index contributed by atoms with van der Waals surface area (Å²) in [7, 11) is 0. The van der Waals surface area contributed by atoms with Crippen molar-refractivity contribution in [1.29, 1.82) is 0 Å². The van der Waals surface area contributed by atoms with Crippen LogP contribution in [-0.4, -0.2) is 21.6 Å². The molecule has 1 N–H and O–H groups in total. The summed E-state index contributed by atoms with van der Waals surface area (Å²) in [4.78, 5) is 13.5. The van der Waals surface area contributed by atoms with Gasteiger partial charge in [0.15, 0.2) is 5.52 Å². The summed E-state index contributed by atoms with van der Waals surface area (Å²) < 4.78 is 32.2. The molecule has 2 heterocycles. The molecule has 5 nitrogen and oxygen atoms in total. The third-order valence-corrected chi connectivity index (χ3v) is 4.66. The van der Waals surface area contributed by atoms with Gasteiger partial charge in [0.05, 0.1) is 22.8 Å². The summed E-state index contributed by atoms with van der Waals surface area (Å²) in [5.41, 5.74) is 3.24. The summed E-state index contributed by atoms with van der Waals surface area (Å²) >= 11 is 5.90. The quantitative estimate of drug-likeness (QED) is 0.432. The molecule has 0 aliphatic carbocycles. The number of pyridine rings is 1. The average molecular weight is 427 g/mol. The van der Waals surface area contributed by atoms with E-state index >= 15 is 0 Å². The van der Waals surface area contributed by atoms with E-state index in [0.717, 1.165) is 5.56 Å². The summed E-state index contributed by atoms with van der Waals surface area (Å²) in [5, 5.41) is 3.14. The van der Waals surface area contributed by atoms with Crippen LogP contribution in [0.25, 0.3) is 22.3 Å². The van der Waals surface area contributed by atoms with Crippen LogP contribution in [0.5, 0.6) is 5.88 Å². The fourth-order valence-corrected chi connectivity index (χ4v) is 3.08. The molecule has 2 aromatic heterocycles. The first-order chi connectivity index (χ1) is 14.5. The van der Waals surface area contributed by atoms with Crippen molar-refractivity contribution < 1.29 is 13.5 Å². The lowest BCUT2D eigenvalue weighted by Crippen LogP contribution is -2.07. The molecule has 0 saturated carbocycles. The van der Waals surface area contributed by atoms with Crippen LogP contribution >= 0.6 is 11.6 Å². The summed E-state index contributed by atoms with van der Waals surface area (Å²) in [5.74, 6) is -0.0751. The summed E-state index contributed by atoms with van der Waals surface area (Å²) in [6, 6.07) is 14.2. The van der Waals surface area contributed by atoms with Gasteiger partial charge in [-0.3, -0.25) is 0 Å². The van der Waals surface area contributed by atoms with E-state index in [0.29, 0.717) is 47.3 Å².